The molecule has 0 unspecified atom stereocenters. The molecule has 2 heterocycles. The quantitative estimate of drug-likeness (QED) is 0.620. The van der Waals surface area contributed by atoms with Crippen LogP contribution in [0.1, 0.15) is 42.2 Å². The Balaban J connectivity index is 2.66. The van der Waals surface area contributed by atoms with Gasteiger partial charge in [-0.3, -0.25) is 4.90 Å². The minimum absolute atomic E-state index is 0.0183. The summed E-state index contributed by atoms with van der Waals surface area (Å²) in [7, 11) is 0. The van der Waals surface area contributed by atoms with E-state index >= 15 is 0 Å². The van der Waals surface area contributed by atoms with Gasteiger partial charge in [-0.25, -0.2) is 14.6 Å². The van der Waals surface area contributed by atoms with Crippen molar-refractivity contribution in [1.29, 1.82) is 0 Å². The van der Waals surface area contributed by atoms with Gasteiger partial charge in [0.2, 0.25) is 0 Å². The van der Waals surface area contributed by atoms with E-state index in [1.54, 1.807) is 27.7 Å². The number of aromatic nitrogens is 3. The standard InChI is InChI=1S/C15H19ClN4O4/c1-6-23-13(21)9-8-17-20-11(7-10(16)18-12(9)20)19(5)14(22)24-15(2,3)4/h7-8H,6H2,1-5H3/i5D3. The molecule has 0 spiro atoms. The maximum atomic E-state index is 12.6. The normalized spacial score (nSPS) is 13.8. The van der Waals surface area contributed by atoms with Crippen molar-refractivity contribution in [2.24, 2.45) is 0 Å². The summed E-state index contributed by atoms with van der Waals surface area (Å²) in [6, 6.07) is 1.15. The summed E-state index contributed by atoms with van der Waals surface area (Å²) in [6.45, 7) is 3.66. The van der Waals surface area contributed by atoms with E-state index in [1.807, 2.05) is 0 Å². The number of fused-ring (bicyclic) bond motifs is 1. The average Bonchev–Trinajstić information content (AvgIpc) is 2.87. The number of hydrogen-bond acceptors (Lipinski definition) is 6. The van der Waals surface area contributed by atoms with E-state index in [2.05, 4.69) is 10.1 Å². The van der Waals surface area contributed by atoms with E-state index in [4.69, 9.17) is 25.2 Å². The smallest absolute Gasteiger partial charge is 0.415 e. The van der Waals surface area contributed by atoms with Gasteiger partial charge in [0.05, 0.1) is 12.8 Å². The summed E-state index contributed by atoms with van der Waals surface area (Å²) in [5, 5.41) is 3.83. The predicted octanol–water partition coefficient (Wildman–Crippen LogP) is 2.93. The summed E-state index contributed by atoms with van der Waals surface area (Å²) in [5.41, 5.74) is -1.000. The topological polar surface area (TPSA) is 86.0 Å². The summed E-state index contributed by atoms with van der Waals surface area (Å²) in [4.78, 5) is 29.0. The van der Waals surface area contributed by atoms with Gasteiger partial charge in [-0.15, -0.1) is 0 Å². The van der Waals surface area contributed by atoms with Gasteiger partial charge < -0.3 is 9.47 Å². The van der Waals surface area contributed by atoms with Crippen molar-refractivity contribution in [2.45, 2.75) is 33.3 Å². The molecule has 0 aliphatic rings. The van der Waals surface area contributed by atoms with Crippen LogP contribution in [0.4, 0.5) is 10.6 Å². The van der Waals surface area contributed by atoms with Crippen LogP contribution in [0.2, 0.25) is 5.15 Å². The molecule has 0 atom stereocenters. The molecule has 0 aliphatic heterocycles. The second-order valence-corrected chi connectivity index (χ2v) is 6.15. The van der Waals surface area contributed by atoms with Gasteiger partial charge in [-0.05, 0) is 27.7 Å². The van der Waals surface area contributed by atoms with Crippen LogP contribution in [-0.4, -0.2) is 45.8 Å². The zero-order valence-corrected chi connectivity index (χ0v) is 14.4. The fourth-order valence-corrected chi connectivity index (χ4v) is 2.01. The lowest BCUT2D eigenvalue weighted by Gasteiger charge is -2.24. The highest BCUT2D eigenvalue weighted by molar-refractivity contribution is 6.30. The molecule has 2 aromatic rings. The highest BCUT2D eigenvalue weighted by atomic mass is 35.5. The average molecular weight is 358 g/mol. The lowest BCUT2D eigenvalue weighted by molar-refractivity contribution is 0.0527. The SMILES string of the molecule is [2H]C([2H])([2H])N(C(=O)OC(C)(C)C)c1cc(Cl)nc2c(C(=O)OCC)cnn12. The van der Waals surface area contributed by atoms with Crippen LogP contribution in [0.3, 0.4) is 0 Å². The number of hydrogen-bond donors (Lipinski definition) is 0. The number of anilines is 1. The number of carbonyl (C=O) groups excluding carboxylic acids is 2. The van der Waals surface area contributed by atoms with Gasteiger partial charge in [-0.1, -0.05) is 11.6 Å². The van der Waals surface area contributed by atoms with E-state index in [9.17, 15) is 9.59 Å². The van der Waals surface area contributed by atoms with Crippen LogP contribution in [0.25, 0.3) is 5.65 Å². The lowest BCUT2D eigenvalue weighted by atomic mass is 10.2. The molecular formula is C15H19ClN4O4. The van der Waals surface area contributed by atoms with Crippen molar-refractivity contribution in [2.75, 3.05) is 18.5 Å². The number of nitrogens with zero attached hydrogens (tertiary/aromatic N) is 4. The molecule has 24 heavy (non-hydrogen) atoms. The molecule has 1 amide bonds. The number of carbonyl (C=O) groups is 2. The molecule has 0 saturated heterocycles. The molecule has 9 heteroatoms. The van der Waals surface area contributed by atoms with E-state index in [1.165, 1.54) is 0 Å². The zero-order valence-electron chi connectivity index (χ0n) is 16.7. The first kappa shape index (κ1) is 14.0. The first-order valence-corrected chi connectivity index (χ1v) is 7.47. The van der Waals surface area contributed by atoms with Crippen LogP contribution < -0.4 is 4.90 Å². The van der Waals surface area contributed by atoms with Gasteiger partial charge in [0.1, 0.15) is 22.1 Å². The number of esters is 1. The first-order chi connectivity index (χ1) is 12.3. The monoisotopic (exact) mass is 357 g/mol. The van der Waals surface area contributed by atoms with Gasteiger partial charge in [0.25, 0.3) is 0 Å². The highest BCUT2D eigenvalue weighted by Crippen LogP contribution is 2.23. The molecule has 0 radical (unpaired) electrons. The molecule has 0 aromatic carbocycles. The van der Waals surface area contributed by atoms with E-state index in [-0.39, 0.29) is 28.8 Å². The molecule has 0 fully saturated rings. The molecule has 2 rings (SSSR count). The van der Waals surface area contributed by atoms with Crippen LogP contribution in [0.15, 0.2) is 12.3 Å². The number of halogens is 1. The number of amides is 1. The summed E-state index contributed by atoms with van der Waals surface area (Å²) in [6.07, 6.45) is 0.0340. The minimum atomic E-state index is -2.91. The molecule has 130 valence electrons. The van der Waals surface area contributed by atoms with Crippen molar-refractivity contribution in [1.82, 2.24) is 14.6 Å². The molecule has 2 aromatic heterocycles. The summed E-state index contributed by atoms with van der Waals surface area (Å²) in [5.74, 6) is -0.930. The fraction of sp³-hybridized carbons (Fsp3) is 0.467. The Morgan fingerprint density at radius 1 is 1.46 bits per heavy atom. The highest BCUT2D eigenvalue weighted by Gasteiger charge is 2.25. The molecule has 0 aliphatic carbocycles. The van der Waals surface area contributed by atoms with Crippen LogP contribution >= 0.6 is 11.6 Å². The Morgan fingerprint density at radius 2 is 2.17 bits per heavy atom. The third-order valence-electron chi connectivity index (χ3n) is 2.72. The fourth-order valence-electron chi connectivity index (χ4n) is 1.83. The maximum absolute atomic E-state index is 12.6. The molecule has 0 N–H and O–H groups in total. The molecule has 0 bridgehead atoms. The second-order valence-electron chi connectivity index (χ2n) is 5.77. The van der Waals surface area contributed by atoms with Gasteiger partial charge in [0.15, 0.2) is 5.65 Å². The lowest BCUT2D eigenvalue weighted by Crippen LogP contribution is -2.35. The van der Waals surface area contributed by atoms with E-state index in [0.29, 0.717) is 4.90 Å². The Labute approximate surface area is 148 Å². The zero-order chi connectivity index (χ0) is 20.6. The van der Waals surface area contributed by atoms with Crippen LogP contribution in [0.5, 0.6) is 0 Å². The van der Waals surface area contributed by atoms with Gasteiger partial charge in [-0.2, -0.15) is 9.61 Å². The molecule has 8 nitrogen and oxygen atoms in total. The summed E-state index contributed by atoms with van der Waals surface area (Å²) >= 11 is 6.00. The number of rotatable bonds is 3. The van der Waals surface area contributed by atoms with Crippen molar-refractivity contribution in [3.05, 3.63) is 23.0 Å². The maximum Gasteiger partial charge on any atom is 0.415 e. The van der Waals surface area contributed by atoms with Crippen molar-refractivity contribution in [3.8, 4) is 0 Å². The molecular weight excluding hydrogens is 336 g/mol. The van der Waals surface area contributed by atoms with Crippen molar-refractivity contribution < 1.29 is 23.2 Å². The predicted molar refractivity (Wildman–Crippen MR) is 88.6 cm³/mol. The Bertz CT molecular complexity index is 876. The van der Waals surface area contributed by atoms with E-state index < -0.39 is 24.6 Å². The Morgan fingerprint density at radius 3 is 2.75 bits per heavy atom. The first-order valence-electron chi connectivity index (χ1n) is 8.59. The third kappa shape index (κ3) is 3.76. The Hall–Kier alpha value is -2.35. The van der Waals surface area contributed by atoms with Crippen molar-refractivity contribution in [3.63, 3.8) is 0 Å². The van der Waals surface area contributed by atoms with Gasteiger partial charge in [0, 0.05) is 17.2 Å². The Kier molecular flexibility index (Phi) is 3.88. The van der Waals surface area contributed by atoms with Crippen LogP contribution in [0, 0.1) is 0 Å². The number of ether oxygens (including phenoxy) is 2. The summed E-state index contributed by atoms with van der Waals surface area (Å²) < 4.78 is 34.3. The molecule has 0 saturated carbocycles. The van der Waals surface area contributed by atoms with Gasteiger partial charge >= 0.3 is 12.1 Å². The third-order valence-corrected chi connectivity index (χ3v) is 2.92. The van der Waals surface area contributed by atoms with E-state index in [0.717, 1.165) is 16.8 Å². The van der Waals surface area contributed by atoms with Crippen LogP contribution in [-0.2, 0) is 9.47 Å². The second kappa shape index (κ2) is 6.64. The minimum Gasteiger partial charge on any atom is -0.462 e. The van der Waals surface area contributed by atoms with Crippen molar-refractivity contribution >= 4 is 35.1 Å². The largest absolute Gasteiger partial charge is 0.462 e.